The van der Waals surface area contributed by atoms with Crippen LogP contribution in [0, 0.1) is 5.92 Å². The average Bonchev–Trinajstić information content (AvgIpc) is 2.59. The first kappa shape index (κ1) is 18.5. The molecular weight excluding hydrogens is 330 g/mol. The van der Waals surface area contributed by atoms with Gasteiger partial charge in [-0.3, -0.25) is 0 Å². The number of ether oxygens (including phenoxy) is 2. The maximum Gasteiger partial charge on any atom is 0.317 e. The summed E-state index contributed by atoms with van der Waals surface area (Å²) >= 11 is 6.16. The van der Waals surface area contributed by atoms with Gasteiger partial charge in [0, 0.05) is 44.9 Å². The van der Waals surface area contributed by atoms with Crippen molar-refractivity contribution in [3.8, 4) is 11.5 Å². The van der Waals surface area contributed by atoms with Crippen molar-refractivity contribution in [3.05, 3.63) is 17.2 Å². The number of halogens is 1. The molecule has 1 aromatic carbocycles. The van der Waals surface area contributed by atoms with Crippen LogP contribution in [-0.4, -0.2) is 57.9 Å². The number of hydrogen-bond donors (Lipinski definition) is 1. The molecule has 134 valence electrons. The molecule has 1 N–H and O–H groups in total. The molecule has 1 fully saturated rings. The van der Waals surface area contributed by atoms with Gasteiger partial charge in [-0.25, -0.2) is 4.79 Å². The highest BCUT2D eigenvalue weighted by atomic mass is 35.5. The number of anilines is 1. The molecule has 0 atom stereocenters. The minimum absolute atomic E-state index is 0.00371. The number of nitrogens with one attached hydrogen (secondary N) is 1. The molecule has 0 aromatic heterocycles. The summed E-state index contributed by atoms with van der Waals surface area (Å²) in [6, 6.07) is 3.65. The highest BCUT2D eigenvalue weighted by Gasteiger charge is 2.24. The molecule has 1 aliphatic rings. The number of carbonyl (C=O) groups is 1. The van der Waals surface area contributed by atoms with Gasteiger partial charge in [0.15, 0.2) is 0 Å². The number of methoxy groups -OCH3 is 2. The van der Waals surface area contributed by atoms with Crippen LogP contribution in [0.1, 0.15) is 13.8 Å². The van der Waals surface area contributed by atoms with Crippen molar-refractivity contribution in [2.45, 2.75) is 13.8 Å². The molecule has 1 aromatic rings. The molecule has 2 amide bonds. The lowest BCUT2D eigenvalue weighted by atomic mass is 10.2. The van der Waals surface area contributed by atoms with E-state index < -0.39 is 0 Å². The Morgan fingerprint density at radius 2 is 1.79 bits per heavy atom. The maximum absolute atomic E-state index is 12.1. The third-order valence-corrected chi connectivity index (χ3v) is 4.32. The Morgan fingerprint density at radius 3 is 2.33 bits per heavy atom. The Bertz CT molecular complexity index is 572. The van der Waals surface area contributed by atoms with Gasteiger partial charge in [0.1, 0.15) is 11.5 Å². The van der Waals surface area contributed by atoms with E-state index in [-0.39, 0.29) is 6.03 Å². The standard InChI is InChI=1S/C17H26ClN3O3/c1-12(2)11-19-17(22)21-7-5-20(6-8-21)14-10-15(23-3)13(18)9-16(14)24-4/h9-10,12H,5-8,11H2,1-4H3,(H,19,22). The zero-order chi connectivity index (χ0) is 17.7. The van der Waals surface area contributed by atoms with E-state index in [0.29, 0.717) is 42.1 Å². The molecule has 2 rings (SSSR count). The maximum atomic E-state index is 12.1. The third-order valence-electron chi connectivity index (χ3n) is 4.02. The fraction of sp³-hybridized carbons (Fsp3) is 0.588. The van der Waals surface area contributed by atoms with Crippen LogP contribution in [-0.2, 0) is 0 Å². The summed E-state index contributed by atoms with van der Waals surface area (Å²) in [5.41, 5.74) is 0.931. The average molecular weight is 356 g/mol. The number of carbonyl (C=O) groups excluding carboxylic acids is 1. The summed E-state index contributed by atoms with van der Waals surface area (Å²) in [7, 11) is 3.21. The second-order valence-corrected chi connectivity index (χ2v) is 6.62. The Morgan fingerprint density at radius 1 is 1.17 bits per heavy atom. The van der Waals surface area contributed by atoms with Crippen LogP contribution < -0.4 is 19.7 Å². The van der Waals surface area contributed by atoms with Crippen molar-refractivity contribution in [3.63, 3.8) is 0 Å². The van der Waals surface area contributed by atoms with Crippen molar-refractivity contribution in [2.75, 3.05) is 51.8 Å². The summed E-state index contributed by atoms with van der Waals surface area (Å²) in [4.78, 5) is 16.2. The van der Waals surface area contributed by atoms with Gasteiger partial charge in [-0.15, -0.1) is 0 Å². The topological polar surface area (TPSA) is 54.0 Å². The van der Waals surface area contributed by atoms with Gasteiger partial charge in [-0.05, 0) is 5.92 Å². The van der Waals surface area contributed by atoms with Crippen LogP contribution in [0.2, 0.25) is 5.02 Å². The quantitative estimate of drug-likeness (QED) is 0.882. The van der Waals surface area contributed by atoms with Crippen molar-refractivity contribution in [2.24, 2.45) is 5.92 Å². The number of benzene rings is 1. The van der Waals surface area contributed by atoms with Gasteiger partial charge in [-0.1, -0.05) is 25.4 Å². The molecule has 7 heteroatoms. The molecule has 0 spiro atoms. The number of hydrogen-bond acceptors (Lipinski definition) is 4. The largest absolute Gasteiger partial charge is 0.495 e. The van der Waals surface area contributed by atoms with Crippen LogP contribution in [0.5, 0.6) is 11.5 Å². The van der Waals surface area contributed by atoms with Gasteiger partial charge in [0.25, 0.3) is 0 Å². The van der Waals surface area contributed by atoms with E-state index in [4.69, 9.17) is 21.1 Å². The summed E-state index contributed by atoms with van der Waals surface area (Å²) in [6.45, 7) is 7.65. The normalized spacial score (nSPS) is 14.8. The number of urea groups is 1. The van der Waals surface area contributed by atoms with Gasteiger partial charge >= 0.3 is 6.03 Å². The molecule has 1 saturated heterocycles. The molecule has 6 nitrogen and oxygen atoms in total. The summed E-state index contributed by atoms with van der Waals surface area (Å²) < 4.78 is 10.7. The van der Waals surface area contributed by atoms with Gasteiger partial charge in [0.05, 0.1) is 24.9 Å². The second-order valence-electron chi connectivity index (χ2n) is 6.21. The molecule has 0 saturated carbocycles. The van der Waals surface area contributed by atoms with E-state index in [9.17, 15) is 4.79 Å². The summed E-state index contributed by atoms with van der Waals surface area (Å²) in [6.07, 6.45) is 0. The highest BCUT2D eigenvalue weighted by molar-refractivity contribution is 6.32. The molecule has 0 bridgehead atoms. The zero-order valence-corrected chi connectivity index (χ0v) is 15.5. The number of nitrogens with zero attached hydrogens (tertiary/aromatic N) is 2. The first-order chi connectivity index (χ1) is 11.5. The van der Waals surface area contributed by atoms with Crippen molar-refractivity contribution in [1.82, 2.24) is 10.2 Å². The van der Waals surface area contributed by atoms with Crippen LogP contribution >= 0.6 is 11.6 Å². The lowest BCUT2D eigenvalue weighted by Crippen LogP contribution is -2.52. The van der Waals surface area contributed by atoms with Crippen LogP contribution in [0.3, 0.4) is 0 Å². The molecule has 0 unspecified atom stereocenters. The van der Waals surface area contributed by atoms with E-state index >= 15 is 0 Å². The highest BCUT2D eigenvalue weighted by Crippen LogP contribution is 2.38. The van der Waals surface area contributed by atoms with Crippen molar-refractivity contribution < 1.29 is 14.3 Å². The first-order valence-corrected chi connectivity index (χ1v) is 8.53. The van der Waals surface area contributed by atoms with Crippen molar-refractivity contribution >= 4 is 23.3 Å². The van der Waals surface area contributed by atoms with E-state index in [1.165, 1.54) is 0 Å². The fourth-order valence-corrected chi connectivity index (χ4v) is 2.88. The van der Waals surface area contributed by atoms with E-state index in [0.717, 1.165) is 18.8 Å². The molecule has 0 radical (unpaired) electrons. The fourth-order valence-electron chi connectivity index (χ4n) is 2.65. The van der Waals surface area contributed by atoms with Crippen LogP contribution in [0.15, 0.2) is 12.1 Å². The van der Waals surface area contributed by atoms with E-state index in [1.54, 1.807) is 20.3 Å². The van der Waals surface area contributed by atoms with Gasteiger partial charge < -0.3 is 24.6 Å². The third kappa shape index (κ3) is 4.38. The molecule has 24 heavy (non-hydrogen) atoms. The Hall–Kier alpha value is -1.82. The monoisotopic (exact) mass is 355 g/mol. The summed E-state index contributed by atoms with van der Waals surface area (Å²) in [5.74, 6) is 1.77. The van der Waals surface area contributed by atoms with Crippen LogP contribution in [0.25, 0.3) is 0 Å². The van der Waals surface area contributed by atoms with Crippen LogP contribution in [0.4, 0.5) is 10.5 Å². The lowest BCUT2D eigenvalue weighted by Gasteiger charge is -2.36. The molecule has 1 aliphatic heterocycles. The smallest absolute Gasteiger partial charge is 0.317 e. The minimum Gasteiger partial charge on any atom is -0.495 e. The predicted octanol–water partition coefficient (Wildman–Crippen LogP) is 2.84. The first-order valence-electron chi connectivity index (χ1n) is 8.15. The number of amides is 2. The molecule has 1 heterocycles. The number of piperazine rings is 1. The minimum atomic E-state index is 0.00371. The zero-order valence-electron chi connectivity index (χ0n) is 14.8. The van der Waals surface area contributed by atoms with E-state index in [1.807, 2.05) is 11.0 Å². The predicted molar refractivity (Wildman–Crippen MR) is 96.6 cm³/mol. The second kappa shape index (κ2) is 8.33. The van der Waals surface area contributed by atoms with Crippen molar-refractivity contribution in [1.29, 1.82) is 0 Å². The number of rotatable bonds is 5. The molecule has 0 aliphatic carbocycles. The Kier molecular flexibility index (Phi) is 6.43. The van der Waals surface area contributed by atoms with E-state index in [2.05, 4.69) is 24.1 Å². The van der Waals surface area contributed by atoms with Gasteiger partial charge in [-0.2, -0.15) is 0 Å². The molecular formula is C17H26ClN3O3. The Balaban J connectivity index is 2.03. The van der Waals surface area contributed by atoms with Gasteiger partial charge in [0.2, 0.25) is 0 Å². The lowest BCUT2D eigenvalue weighted by molar-refractivity contribution is 0.193. The SMILES string of the molecule is COc1cc(N2CCN(C(=O)NCC(C)C)CC2)c(OC)cc1Cl. The summed E-state index contributed by atoms with van der Waals surface area (Å²) in [5, 5.41) is 3.48. The Labute approximate surface area is 148 Å².